The molecule has 4 nitrogen and oxygen atoms in total. The standard InChI is InChI=1S/C16H15NO3/c1-11(18)13-7-3-5-9-15(13)17-20-16-10-6-4-8-14(16)12(2)19/h3-10,17H,1-2H3. The van der Waals surface area contributed by atoms with Crippen LogP contribution in [0.4, 0.5) is 5.69 Å². The van der Waals surface area contributed by atoms with Crippen LogP contribution in [0.25, 0.3) is 0 Å². The van der Waals surface area contributed by atoms with Crippen LogP contribution in [0, 0.1) is 0 Å². The first kappa shape index (κ1) is 13.8. The van der Waals surface area contributed by atoms with Crippen LogP contribution < -0.4 is 10.3 Å². The van der Waals surface area contributed by atoms with Crippen LogP contribution in [-0.4, -0.2) is 11.6 Å². The summed E-state index contributed by atoms with van der Waals surface area (Å²) in [5.74, 6) is 0.289. The molecule has 0 aliphatic carbocycles. The van der Waals surface area contributed by atoms with Gasteiger partial charge in [-0.1, -0.05) is 24.3 Å². The third-order valence-electron chi connectivity index (χ3n) is 2.84. The molecule has 0 saturated heterocycles. The summed E-state index contributed by atoms with van der Waals surface area (Å²) in [6.07, 6.45) is 0. The van der Waals surface area contributed by atoms with Gasteiger partial charge in [0.2, 0.25) is 0 Å². The van der Waals surface area contributed by atoms with Gasteiger partial charge in [-0.05, 0) is 38.1 Å². The Balaban J connectivity index is 2.22. The highest BCUT2D eigenvalue weighted by atomic mass is 16.6. The molecule has 1 N–H and O–H groups in total. The average Bonchev–Trinajstić information content (AvgIpc) is 2.45. The molecule has 2 aromatic carbocycles. The van der Waals surface area contributed by atoms with E-state index >= 15 is 0 Å². The van der Waals surface area contributed by atoms with Gasteiger partial charge in [-0.2, -0.15) is 0 Å². The van der Waals surface area contributed by atoms with Crippen LogP contribution in [0.1, 0.15) is 34.6 Å². The first-order chi connectivity index (χ1) is 9.59. The molecule has 102 valence electrons. The van der Waals surface area contributed by atoms with Gasteiger partial charge in [-0.3, -0.25) is 9.59 Å². The fourth-order valence-corrected chi connectivity index (χ4v) is 1.84. The van der Waals surface area contributed by atoms with Crippen LogP contribution in [0.5, 0.6) is 5.75 Å². The van der Waals surface area contributed by atoms with E-state index in [1.807, 2.05) is 0 Å². The van der Waals surface area contributed by atoms with Crippen molar-refractivity contribution in [2.24, 2.45) is 0 Å². The second-order valence-corrected chi connectivity index (χ2v) is 4.36. The Labute approximate surface area is 117 Å². The van der Waals surface area contributed by atoms with Gasteiger partial charge in [-0.25, -0.2) is 5.48 Å². The lowest BCUT2D eigenvalue weighted by Crippen LogP contribution is -2.10. The number of carbonyl (C=O) groups excluding carboxylic acids is 2. The van der Waals surface area contributed by atoms with E-state index in [1.165, 1.54) is 13.8 Å². The molecular formula is C16H15NO3. The molecule has 0 heterocycles. The lowest BCUT2D eigenvalue weighted by molar-refractivity contribution is 0.100. The Bertz CT molecular complexity index is 592. The molecular weight excluding hydrogens is 254 g/mol. The molecule has 2 rings (SSSR count). The van der Waals surface area contributed by atoms with Crippen LogP contribution in [0.3, 0.4) is 0 Å². The highest BCUT2D eigenvalue weighted by Crippen LogP contribution is 2.21. The van der Waals surface area contributed by atoms with Crippen LogP contribution in [0.2, 0.25) is 0 Å². The SMILES string of the molecule is CC(=O)c1ccccc1NOc1ccccc1C(C)=O. The predicted molar refractivity (Wildman–Crippen MR) is 77.1 cm³/mol. The summed E-state index contributed by atoms with van der Waals surface area (Å²) >= 11 is 0. The van der Waals surface area contributed by atoms with E-state index in [2.05, 4.69) is 5.48 Å². The Morgan fingerprint density at radius 2 is 1.40 bits per heavy atom. The van der Waals surface area contributed by atoms with E-state index < -0.39 is 0 Å². The van der Waals surface area contributed by atoms with Gasteiger partial charge in [0.05, 0.1) is 11.3 Å². The lowest BCUT2D eigenvalue weighted by atomic mass is 10.1. The van der Waals surface area contributed by atoms with E-state index in [9.17, 15) is 9.59 Å². The second kappa shape index (κ2) is 6.02. The molecule has 0 spiro atoms. The minimum Gasteiger partial charge on any atom is -0.381 e. The molecule has 0 aliphatic heterocycles. The first-order valence-corrected chi connectivity index (χ1v) is 6.22. The van der Waals surface area contributed by atoms with Crippen molar-refractivity contribution in [1.82, 2.24) is 0 Å². The molecule has 0 unspecified atom stereocenters. The highest BCUT2D eigenvalue weighted by Gasteiger charge is 2.10. The number of anilines is 1. The predicted octanol–water partition coefficient (Wildman–Crippen LogP) is 3.50. The molecule has 0 atom stereocenters. The summed E-state index contributed by atoms with van der Waals surface area (Å²) in [4.78, 5) is 28.4. The number of hydrogen-bond acceptors (Lipinski definition) is 4. The maximum atomic E-state index is 11.5. The first-order valence-electron chi connectivity index (χ1n) is 6.22. The van der Waals surface area contributed by atoms with Crippen molar-refractivity contribution in [3.05, 3.63) is 59.7 Å². The quantitative estimate of drug-likeness (QED) is 0.666. The number of carbonyl (C=O) groups is 2. The molecule has 0 fully saturated rings. The number of benzene rings is 2. The van der Waals surface area contributed by atoms with Gasteiger partial charge in [-0.15, -0.1) is 0 Å². The lowest BCUT2D eigenvalue weighted by Gasteiger charge is -2.12. The van der Waals surface area contributed by atoms with Crippen LogP contribution >= 0.6 is 0 Å². The molecule has 4 heteroatoms. The fraction of sp³-hybridized carbons (Fsp3) is 0.125. The normalized spacial score (nSPS) is 9.90. The third kappa shape index (κ3) is 3.03. The zero-order valence-electron chi connectivity index (χ0n) is 11.3. The monoisotopic (exact) mass is 269 g/mol. The zero-order chi connectivity index (χ0) is 14.5. The maximum absolute atomic E-state index is 11.5. The smallest absolute Gasteiger partial charge is 0.165 e. The summed E-state index contributed by atoms with van der Waals surface area (Å²) in [6.45, 7) is 2.97. The molecule has 0 amide bonds. The largest absolute Gasteiger partial charge is 0.381 e. The number of ketones is 2. The van der Waals surface area contributed by atoms with E-state index in [1.54, 1.807) is 48.5 Å². The van der Waals surface area contributed by atoms with Gasteiger partial charge in [0.1, 0.15) is 0 Å². The van der Waals surface area contributed by atoms with Crippen molar-refractivity contribution >= 4 is 17.3 Å². The molecule has 0 saturated carbocycles. The van der Waals surface area contributed by atoms with Crippen molar-refractivity contribution in [2.75, 3.05) is 5.48 Å². The van der Waals surface area contributed by atoms with E-state index in [4.69, 9.17) is 4.84 Å². The number of nitrogens with one attached hydrogen (secondary N) is 1. The average molecular weight is 269 g/mol. The maximum Gasteiger partial charge on any atom is 0.165 e. The number of Topliss-reactive ketones (excluding diaryl/α,β-unsaturated/α-hetero) is 2. The Hall–Kier alpha value is -2.62. The Morgan fingerprint density at radius 3 is 2.05 bits per heavy atom. The van der Waals surface area contributed by atoms with Crippen molar-refractivity contribution in [1.29, 1.82) is 0 Å². The van der Waals surface area contributed by atoms with E-state index in [-0.39, 0.29) is 11.6 Å². The molecule has 0 bridgehead atoms. The van der Waals surface area contributed by atoms with Crippen LogP contribution in [-0.2, 0) is 0 Å². The van der Waals surface area contributed by atoms with E-state index in [0.717, 1.165) is 0 Å². The highest BCUT2D eigenvalue weighted by molar-refractivity contribution is 5.99. The molecule has 0 radical (unpaired) electrons. The summed E-state index contributed by atoms with van der Waals surface area (Å²) in [6, 6.07) is 14.0. The van der Waals surface area contributed by atoms with Gasteiger partial charge < -0.3 is 4.84 Å². The number of rotatable bonds is 5. The van der Waals surface area contributed by atoms with Gasteiger partial charge in [0.15, 0.2) is 17.3 Å². The number of para-hydroxylation sites is 2. The summed E-state index contributed by atoms with van der Waals surface area (Å²) < 4.78 is 0. The van der Waals surface area contributed by atoms with Crippen molar-refractivity contribution in [2.45, 2.75) is 13.8 Å². The molecule has 2 aromatic rings. The van der Waals surface area contributed by atoms with Crippen molar-refractivity contribution < 1.29 is 14.4 Å². The summed E-state index contributed by atoms with van der Waals surface area (Å²) in [7, 11) is 0. The topological polar surface area (TPSA) is 55.4 Å². The minimum absolute atomic E-state index is 0.0587. The fourth-order valence-electron chi connectivity index (χ4n) is 1.84. The minimum atomic E-state index is -0.0812. The molecule has 20 heavy (non-hydrogen) atoms. The van der Waals surface area contributed by atoms with Crippen molar-refractivity contribution in [3.8, 4) is 5.75 Å². The van der Waals surface area contributed by atoms with Crippen LogP contribution in [0.15, 0.2) is 48.5 Å². The van der Waals surface area contributed by atoms with Crippen molar-refractivity contribution in [3.63, 3.8) is 0 Å². The Morgan fingerprint density at radius 1 is 0.850 bits per heavy atom. The molecule has 0 aromatic heterocycles. The third-order valence-corrected chi connectivity index (χ3v) is 2.84. The summed E-state index contributed by atoms with van der Waals surface area (Å²) in [5.41, 5.74) is 4.32. The van der Waals surface area contributed by atoms with E-state index in [0.29, 0.717) is 22.6 Å². The molecule has 0 aliphatic rings. The van der Waals surface area contributed by atoms with Gasteiger partial charge in [0, 0.05) is 5.56 Å². The Kier molecular flexibility index (Phi) is 4.15. The summed E-state index contributed by atoms with van der Waals surface area (Å²) in [5, 5.41) is 0. The number of hydrogen-bond donors (Lipinski definition) is 1. The second-order valence-electron chi connectivity index (χ2n) is 4.36. The van der Waals surface area contributed by atoms with Gasteiger partial charge >= 0.3 is 0 Å². The zero-order valence-corrected chi connectivity index (χ0v) is 11.3. The van der Waals surface area contributed by atoms with Gasteiger partial charge in [0.25, 0.3) is 0 Å².